The van der Waals surface area contributed by atoms with Gasteiger partial charge >= 0.3 is 5.97 Å². The number of fused-ring (bicyclic) bond motifs is 2. The second-order valence-corrected chi connectivity index (χ2v) is 6.42. The van der Waals surface area contributed by atoms with Gasteiger partial charge in [-0.05, 0) is 18.4 Å². The molecule has 0 spiro atoms. The lowest BCUT2D eigenvalue weighted by Crippen LogP contribution is -2.01. The van der Waals surface area contributed by atoms with Gasteiger partial charge in [-0.15, -0.1) is 11.3 Å². The number of nitrogens with two attached hydrogens (primary N) is 1. The summed E-state index contributed by atoms with van der Waals surface area (Å²) in [5.74, 6) is -0.209. The van der Waals surface area contributed by atoms with Crippen LogP contribution < -0.4 is 5.73 Å². The first kappa shape index (κ1) is 15.5. The Hall–Kier alpha value is -3.06. The number of pyridine rings is 1. The van der Waals surface area contributed by atoms with Crippen LogP contribution in [0, 0.1) is 0 Å². The van der Waals surface area contributed by atoms with Crippen molar-refractivity contribution in [2.75, 3.05) is 12.3 Å². The molecule has 3 aromatic heterocycles. The van der Waals surface area contributed by atoms with E-state index in [2.05, 4.69) is 15.0 Å². The number of carbonyl (C=O) groups excluding carboxylic acids is 1. The van der Waals surface area contributed by atoms with Gasteiger partial charge in [0, 0.05) is 28.7 Å². The number of anilines is 1. The minimum atomic E-state index is -0.369. The number of rotatable bonds is 3. The molecule has 0 amide bonds. The molecule has 0 atom stereocenters. The molecule has 2 N–H and O–H groups in total. The molecule has 0 bridgehead atoms. The maximum atomic E-state index is 12.1. The fourth-order valence-corrected chi connectivity index (χ4v) is 3.68. The first-order chi connectivity index (χ1) is 12.2. The third kappa shape index (κ3) is 2.68. The minimum absolute atomic E-state index is 0.160. The third-order valence-electron chi connectivity index (χ3n) is 3.81. The van der Waals surface area contributed by atoms with Gasteiger partial charge in [0.1, 0.15) is 9.71 Å². The van der Waals surface area contributed by atoms with Gasteiger partial charge in [0.25, 0.3) is 0 Å². The smallest absolute Gasteiger partial charge is 0.348 e. The summed E-state index contributed by atoms with van der Waals surface area (Å²) < 4.78 is 5.08. The van der Waals surface area contributed by atoms with Gasteiger partial charge in [-0.3, -0.25) is 4.98 Å². The van der Waals surface area contributed by atoms with Crippen LogP contribution in [0.4, 0.5) is 5.95 Å². The second kappa shape index (κ2) is 6.10. The number of esters is 1. The topological polar surface area (TPSA) is 91.0 Å². The first-order valence-electron chi connectivity index (χ1n) is 7.74. The van der Waals surface area contributed by atoms with E-state index in [-0.39, 0.29) is 11.9 Å². The highest BCUT2D eigenvalue weighted by molar-refractivity contribution is 7.20. The predicted molar refractivity (Wildman–Crippen MR) is 98.5 cm³/mol. The molecule has 0 radical (unpaired) electrons. The van der Waals surface area contributed by atoms with Crippen LogP contribution in [-0.2, 0) is 4.74 Å². The van der Waals surface area contributed by atoms with Gasteiger partial charge in [-0.25, -0.2) is 14.8 Å². The fourth-order valence-electron chi connectivity index (χ4n) is 2.75. The molecule has 1 aromatic carbocycles. The number of nitrogens with zero attached hydrogens (tertiary/aromatic N) is 3. The van der Waals surface area contributed by atoms with Gasteiger partial charge in [0.2, 0.25) is 5.95 Å². The van der Waals surface area contributed by atoms with E-state index < -0.39 is 0 Å². The number of thiophene rings is 1. The number of nitrogen functional groups attached to an aromatic ring is 1. The molecular weight excluding hydrogens is 336 g/mol. The van der Waals surface area contributed by atoms with Crippen molar-refractivity contribution in [3.05, 3.63) is 47.6 Å². The van der Waals surface area contributed by atoms with Gasteiger partial charge in [-0.2, -0.15) is 0 Å². The Bertz CT molecular complexity index is 1100. The normalized spacial score (nSPS) is 11.1. The molecule has 4 rings (SSSR count). The zero-order chi connectivity index (χ0) is 17.4. The van der Waals surface area contributed by atoms with E-state index in [0.717, 1.165) is 21.7 Å². The van der Waals surface area contributed by atoms with Crippen molar-refractivity contribution in [3.63, 3.8) is 0 Å². The maximum absolute atomic E-state index is 12.1. The van der Waals surface area contributed by atoms with Crippen LogP contribution in [0.25, 0.3) is 32.2 Å². The lowest BCUT2D eigenvalue weighted by Gasteiger charge is -2.07. The van der Waals surface area contributed by atoms with Crippen LogP contribution in [0.2, 0.25) is 0 Å². The molecule has 4 aromatic rings. The zero-order valence-electron chi connectivity index (χ0n) is 13.4. The van der Waals surface area contributed by atoms with E-state index in [4.69, 9.17) is 10.5 Å². The Labute approximate surface area is 147 Å². The molecule has 124 valence electrons. The molecule has 0 aliphatic rings. The van der Waals surface area contributed by atoms with Crippen LogP contribution in [-0.4, -0.2) is 27.5 Å². The summed E-state index contributed by atoms with van der Waals surface area (Å²) in [6.45, 7) is 2.09. The Morgan fingerprint density at radius 1 is 1.20 bits per heavy atom. The van der Waals surface area contributed by atoms with Crippen molar-refractivity contribution >= 4 is 44.2 Å². The number of aromatic nitrogens is 3. The SMILES string of the molecule is CCOC(=O)c1cc2c(-c3cncc4ccccc34)nc(N)nc2s1. The monoisotopic (exact) mass is 350 g/mol. The highest BCUT2D eigenvalue weighted by atomic mass is 32.1. The quantitative estimate of drug-likeness (QED) is 0.567. The molecule has 3 heterocycles. The number of ether oxygens (including phenoxy) is 1. The molecule has 25 heavy (non-hydrogen) atoms. The first-order valence-corrected chi connectivity index (χ1v) is 8.56. The molecule has 0 saturated carbocycles. The van der Waals surface area contributed by atoms with Gasteiger partial charge in [0.15, 0.2) is 0 Å². The summed E-state index contributed by atoms with van der Waals surface area (Å²) in [7, 11) is 0. The van der Waals surface area contributed by atoms with Crippen LogP contribution in [0.3, 0.4) is 0 Å². The van der Waals surface area contributed by atoms with E-state index in [1.54, 1.807) is 25.4 Å². The zero-order valence-corrected chi connectivity index (χ0v) is 14.2. The lowest BCUT2D eigenvalue weighted by molar-refractivity contribution is 0.0532. The van der Waals surface area contributed by atoms with Crippen LogP contribution in [0.5, 0.6) is 0 Å². The molecule has 6 nitrogen and oxygen atoms in total. The maximum Gasteiger partial charge on any atom is 0.348 e. The highest BCUT2D eigenvalue weighted by Crippen LogP contribution is 2.35. The van der Waals surface area contributed by atoms with Crippen molar-refractivity contribution in [2.45, 2.75) is 6.92 Å². The summed E-state index contributed by atoms with van der Waals surface area (Å²) in [4.78, 5) is 26.2. The molecule has 0 fully saturated rings. The summed E-state index contributed by atoms with van der Waals surface area (Å²) >= 11 is 1.25. The Morgan fingerprint density at radius 3 is 2.88 bits per heavy atom. The molecule has 7 heteroatoms. The third-order valence-corrected chi connectivity index (χ3v) is 4.82. The van der Waals surface area contributed by atoms with E-state index in [0.29, 0.717) is 22.0 Å². The Kier molecular flexibility index (Phi) is 3.77. The molecule has 0 aliphatic carbocycles. The van der Waals surface area contributed by atoms with Gasteiger partial charge in [-0.1, -0.05) is 24.3 Å². The number of hydrogen-bond acceptors (Lipinski definition) is 7. The average molecular weight is 350 g/mol. The largest absolute Gasteiger partial charge is 0.462 e. The Balaban J connectivity index is 1.99. The lowest BCUT2D eigenvalue weighted by atomic mass is 10.0. The minimum Gasteiger partial charge on any atom is -0.462 e. The van der Waals surface area contributed by atoms with Crippen molar-refractivity contribution < 1.29 is 9.53 Å². The number of hydrogen-bond donors (Lipinski definition) is 1. The average Bonchev–Trinajstić information content (AvgIpc) is 3.05. The van der Waals surface area contributed by atoms with Crippen LogP contribution in [0.15, 0.2) is 42.7 Å². The van der Waals surface area contributed by atoms with E-state index in [1.165, 1.54) is 11.3 Å². The van der Waals surface area contributed by atoms with Crippen molar-refractivity contribution in [2.24, 2.45) is 0 Å². The van der Waals surface area contributed by atoms with E-state index >= 15 is 0 Å². The fraction of sp³-hybridized carbons (Fsp3) is 0.111. The van der Waals surface area contributed by atoms with E-state index in [9.17, 15) is 4.79 Å². The number of carbonyl (C=O) groups is 1. The van der Waals surface area contributed by atoms with E-state index in [1.807, 2.05) is 24.3 Å². The summed E-state index contributed by atoms with van der Waals surface area (Å²) in [6.07, 6.45) is 3.56. The van der Waals surface area contributed by atoms with Crippen molar-refractivity contribution in [3.8, 4) is 11.3 Å². The van der Waals surface area contributed by atoms with Crippen molar-refractivity contribution in [1.82, 2.24) is 15.0 Å². The summed E-state index contributed by atoms with van der Waals surface area (Å²) in [5.41, 5.74) is 7.42. The predicted octanol–water partition coefficient (Wildman–Crippen LogP) is 3.67. The van der Waals surface area contributed by atoms with Gasteiger partial charge in [0.05, 0.1) is 12.3 Å². The van der Waals surface area contributed by atoms with Crippen LogP contribution >= 0.6 is 11.3 Å². The summed E-state index contributed by atoms with van der Waals surface area (Å²) in [6, 6.07) is 9.68. The second-order valence-electron chi connectivity index (χ2n) is 5.39. The molecule has 0 unspecified atom stereocenters. The van der Waals surface area contributed by atoms with Gasteiger partial charge < -0.3 is 10.5 Å². The Morgan fingerprint density at radius 2 is 2.04 bits per heavy atom. The van der Waals surface area contributed by atoms with Crippen LogP contribution in [0.1, 0.15) is 16.6 Å². The molecular formula is C18H14N4O2S. The van der Waals surface area contributed by atoms with Crippen molar-refractivity contribution in [1.29, 1.82) is 0 Å². The number of benzene rings is 1. The molecule has 0 aliphatic heterocycles. The highest BCUT2D eigenvalue weighted by Gasteiger charge is 2.18. The molecule has 0 saturated heterocycles. The summed E-state index contributed by atoms with van der Waals surface area (Å²) in [5, 5.41) is 2.78. The standard InChI is InChI=1S/C18H14N4O2S/c1-2-24-17(23)14-7-12-15(21-18(19)22-16(12)25-14)13-9-20-8-10-5-3-4-6-11(10)13/h3-9H,2H2,1H3,(H2,19,21,22).